The highest BCUT2D eigenvalue weighted by Crippen LogP contribution is 2.43. The molecule has 0 rings (SSSR count). The highest BCUT2D eigenvalue weighted by molar-refractivity contribution is 7.47. The number of hydrogen-bond donors (Lipinski definition) is 2. The Hall–Kier alpha value is -3.07. The van der Waals surface area contributed by atoms with Gasteiger partial charge in [0.25, 0.3) is 0 Å². The van der Waals surface area contributed by atoms with Crippen LogP contribution in [0.15, 0.2) is 97.2 Å². The van der Waals surface area contributed by atoms with Gasteiger partial charge >= 0.3 is 13.8 Å². The number of amides is 1. The highest BCUT2D eigenvalue weighted by atomic mass is 31.2. The van der Waals surface area contributed by atoms with Crippen molar-refractivity contribution in [3.05, 3.63) is 97.2 Å². The summed E-state index contributed by atoms with van der Waals surface area (Å²) in [7, 11) is 1.49. The van der Waals surface area contributed by atoms with Gasteiger partial charge in [-0.2, -0.15) is 0 Å². The van der Waals surface area contributed by atoms with Gasteiger partial charge in [-0.15, -0.1) is 0 Å². The monoisotopic (exact) mass is 1290 g/mol. The lowest BCUT2D eigenvalue weighted by Crippen LogP contribution is -2.47. The SMILES string of the molecule is CCCCC/C=C\C/C=C\C/C=C\C/C=C\CCCCCCCCCCCC(=O)OC(/C=C/CCCCCCCCCCCCC)C(COP(=O)(O)OCC[N+](C)(C)C)NC(=O)CCCCCCCCCCCCCCCC/C=C\C/C=C\C/C=C\CCCCC. The number of carbonyl (C=O) groups is 2. The highest BCUT2D eigenvalue weighted by Gasteiger charge is 2.30. The molecule has 0 heterocycles. The van der Waals surface area contributed by atoms with Crippen molar-refractivity contribution in [1.29, 1.82) is 0 Å². The molecule has 0 saturated heterocycles. The Morgan fingerprint density at radius 1 is 0.385 bits per heavy atom. The molecule has 0 saturated carbocycles. The molecule has 0 aromatic heterocycles. The Bertz CT molecular complexity index is 1880. The van der Waals surface area contributed by atoms with Gasteiger partial charge in [0.1, 0.15) is 19.3 Å². The van der Waals surface area contributed by atoms with Crippen molar-refractivity contribution in [3.63, 3.8) is 0 Å². The molecule has 2 N–H and O–H groups in total. The summed E-state index contributed by atoms with van der Waals surface area (Å²) in [5, 5.41) is 3.08. The van der Waals surface area contributed by atoms with Crippen LogP contribution in [-0.4, -0.2) is 74.3 Å². The Balaban J connectivity index is 5.03. The summed E-state index contributed by atoms with van der Waals surface area (Å²) in [5.74, 6) is -0.504. The van der Waals surface area contributed by atoms with Gasteiger partial charge in [-0.05, 0) is 115 Å². The van der Waals surface area contributed by atoms with Crippen molar-refractivity contribution < 1.29 is 37.3 Å². The molecule has 0 aliphatic rings. The number of phosphoric acid groups is 1. The third-order valence-corrected chi connectivity index (χ3v) is 18.0. The van der Waals surface area contributed by atoms with Gasteiger partial charge in [-0.3, -0.25) is 18.6 Å². The van der Waals surface area contributed by atoms with Crippen molar-refractivity contribution >= 4 is 19.7 Å². The van der Waals surface area contributed by atoms with Crippen LogP contribution in [0.2, 0.25) is 0 Å². The largest absolute Gasteiger partial charge is 0.472 e. The molecular formula is C81H148N2O7P+. The second-order valence-corrected chi connectivity index (χ2v) is 28.6. The van der Waals surface area contributed by atoms with E-state index in [-0.39, 0.29) is 31.5 Å². The van der Waals surface area contributed by atoms with Crippen LogP contribution < -0.4 is 5.32 Å². The Labute approximate surface area is 564 Å². The van der Waals surface area contributed by atoms with Crippen LogP contribution in [0, 0.1) is 0 Å². The number of hydrogen-bond acceptors (Lipinski definition) is 6. The maximum Gasteiger partial charge on any atom is 0.472 e. The first-order valence-corrected chi connectivity index (χ1v) is 40.1. The van der Waals surface area contributed by atoms with E-state index >= 15 is 0 Å². The van der Waals surface area contributed by atoms with Crippen LogP contribution in [0.25, 0.3) is 0 Å². The topological polar surface area (TPSA) is 111 Å². The number of allylic oxidation sites excluding steroid dienone is 15. The fraction of sp³-hybridized carbons (Fsp3) is 0.778. The van der Waals surface area contributed by atoms with Gasteiger partial charge in [-0.25, -0.2) is 4.57 Å². The molecule has 0 bridgehead atoms. The summed E-state index contributed by atoms with van der Waals surface area (Å²) in [6.07, 6.45) is 95.7. The summed E-state index contributed by atoms with van der Waals surface area (Å²) >= 11 is 0. The van der Waals surface area contributed by atoms with E-state index < -0.39 is 20.0 Å². The predicted molar refractivity (Wildman–Crippen MR) is 397 cm³/mol. The molecule has 0 aliphatic carbocycles. The standard InChI is InChI=1S/C81H147N2O7P/c1-7-10-13-16-19-22-25-28-30-32-34-36-38-40-41-43-44-46-48-50-52-55-58-61-64-67-70-73-80(84)82-78(77-89-91(86,87)88-76-75-83(4,5)6)79(72-69-66-63-60-57-54-27-24-21-18-15-12-9-3)90-81(85)74-71-68-65-62-59-56-53-51-49-47-45-42-39-37-35-33-31-29-26-23-20-17-14-11-8-2/h19-20,22-23,28-31,34-37,42,45,69,72,78-79H,7-18,21,24-27,32-33,38-41,43-44,46-68,70-71,73-77H2,1-6H3,(H-,82,84,86,87)/p+1/b22-19-,23-20-,30-28-,31-29-,36-34-,37-35-,45-42-,72-69+. The number of quaternary nitrogens is 1. The molecule has 3 atom stereocenters. The van der Waals surface area contributed by atoms with Gasteiger partial charge < -0.3 is 19.4 Å². The summed E-state index contributed by atoms with van der Waals surface area (Å²) in [5.41, 5.74) is 0. The first-order chi connectivity index (χ1) is 44.4. The van der Waals surface area contributed by atoms with Gasteiger partial charge in [-0.1, -0.05) is 324 Å². The average Bonchev–Trinajstić information content (AvgIpc) is 3.70. The molecule has 9 nitrogen and oxygen atoms in total. The number of phosphoric ester groups is 1. The second kappa shape index (κ2) is 69.8. The van der Waals surface area contributed by atoms with Crippen LogP contribution >= 0.6 is 7.82 Å². The van der Waals surface area contributed by atoms with Gasteiger partial charge in [0.2, 0.25) is 5.91 Å². The second-order valence-electron chi connectivity index (χ2n) is 27.2. The molecule has 0 aliphatic heterocycles. The molecule has 10 heteroatoms. The Kier molecular flexibility index (Phi) is 67.4. The molecule has 91 heavy (non-hydrogen) atoms. The minimum Gasteiger partial charge on any atom is -0.456 e. The number of rotatable bonds is 70. The molecule has 3 unspecified atom stereocenters. The number of ether oxygens (including phenoxy) is 1. The van der Waals surface area contributed by atoms with Crippen molar-refractivity contribution in [1.82, 2.24) is 5.32 Å². The van der Waals surface area contributed by atoms with E-state index in [1.807, 2.05) is 33.3 Å². The number of nitrogens with one attached hydrogen (secondary N) is 1. The molecule has 0 fully saturated rings. The Morgan fingerprint density at radius 2 is 0.670 bits per heavy atom. The van der Waals surface area contributed by atoms with Gasteiger partial charge in [0.15, 0.2) is 0 Å². The van der Waals surface area contributed by atoms with Crippen LogP contribution in [0.4, 0.5) is 0 Å². The van der Waals surface area contributed by atoms with E-state index in [0.717, 1.165) is 103 Å². The number of nitrogens with zero attached hydrogens (tertiary/aromatic N) is 1. The third kappa shape index (κ3) is 71.1. The van der Waals surface area contributed by atoms with E-state index in [1.165, 1.54) is 218 Å². The average molecular weight is 1290 g/mol. The molecule has 528 valence electrons. The van der Waals surface area contributed by atoms with Crippen molar-refractivity contribution in [3.8, 4) is 0 Å². The van der Waals surface area contributed by atoms with Crippen LogP contribution in [-0.2, 0) is 27.9 Å². The Morgan fingerprint density at radius 3 is 1.02 bits per heavy atom. The van der Waals surface area contributed by atoms with E-state index in [0.29, 0.717) is 17.4 Å². The minimum absolute atomic E-state index is 0.0364. The molecule has 0 aromatic carbocycles. The zero-order valence-corrected chi connectivity index (χ0v) is 61.5. The number of carbonyl (C=O) groups excluding carboxylic acids is 2. The summed E-state index contributed by atoms with van der Waals surface area (Å²) in [4.78, 5) is 38.0. The van der Waals surface area contributed by atoms with Crippen molar-refractivity contribution in [2.45, 2.75) is 367 Å². The number of likely N-dealkylation sites (N-methyl/N-ethyl adjacent to an activating group) is 1. The molecule has 0 radical (unpaired) electrons. The van der Waals surface area contributed by atoms with Gasteiger partial charge in [0.05, 0.1) is 33.8 Å². The zero-order valence-electron chi connectivity index (χ0n) is 60.6. The van der Waals surface area contributed by atoms with Crippen LogP contribution in [0.5, 0.6) is 0 Å². The maximum atomic E-state index is 13.7. The smallest absolute Gasteiger partial charge is 0.456 e. The first kappa shape index (κ1) is 87.9. The fourth-order valence-corrected chi connectivity index (χ4v) is 11.8. The van der Waals surface area contributed by atoms with E-state index in [4.69, 9.17) is 13.8 Å². The normalized spacial score (nSPS) is 14.0. The fourth-order valence-electron chi connectivity index (χ4n) is 11.1. The van der Waals surface area contributed by atoms with E-state index in [1.54, 1.807) is 0 Å². The third-order valence-electron chi connectivity index (χ3n) is 17.0. The molecule has 0 aromatic rings. The molecule has 1 amide bonds. The minimum atomic E-state index is -4.46. The summed E-state index contributed by atoms with van der Waals surface area (Å²) in [6, 6.07) is -0.858. The predicted octanol–water partition coefficient (Wildman–Crippen LogP) is 25.0. The van der Waals surface area contributed by atoms with E-state index in [9.17, 15) is 19.0 Å². The quantitative estimate of drug-likeness (QED) is 0.0205. The lowest BCUT2D eigenvalue weighted by atomic mass is 10.0. The molecular weight excluding hydrogens is 1140 g/mol. The number of unbranched alkanes of at least 4 members (excludes halogenated alkanes) is 40. The van der Waals surface area contributed by atoms with Crippen molar-refractivity contribution in [2.24, 2.45) is 0 Å². The maximum absolute atomic E-state index is 13.7. The molecule has 0 spiro atoms. The van der Waals surface area contributed by atoms with Crippen LogP contribution in [0.3, 0.4) is 0 Å². The lowest BCUT2D eigenvalue weighted by molar-refractivity contribution is -0.870. The van der Waals surface area contributed by atoms with Crippen molar-refractivity contribution in [2.75, 3.05) is 40.9 Å². The summed E-state index contributed by atoms with van der Waals surface area (Å²) < 4.78 is 30.9. The van der Waals surface area contributed by atoms with Crippen LogP contribution in [0.1, 0.15) is 355 Å². The number of esters is 1. The van der Waals surface area contributed by atoms with Gasteiger partial charge in [0, 0.05) is 12.8 Å². The van der Waals surface area contributed by atoms with E-state index in [2.05, 4.69) is 111 Å². The zero-order chi connectivity index (χ0) is 66.3. The summed E-state index contributed by atoms with van der Waals surface area (Å²) in [6.45, 7) is 6.99. The lowest BCUT2D eigenvalue weighted by Gasteiger charge is -2.27. The first-order valence-electron chi connectivity index (χ1n) is 38.6.